The van der Waals surface area contributed by atoms with E-state index in [1.165, 1.54) is 6.92 Å². The van der Waals surface area contributed by atoms with Crippen molar-refractivity contribution in [2.24, 2.45) is 0 Å². The van der Waals surface area contributed by atoms with E-state index in [4.69, 9.17) is 16.3 Å². The number of unbranched alkanes of at least 4 members (excludes halogenated alkanes) is 1. The highest BCUT2D eigenvalue weighted by Gasteiger charge is 2.10. The molecule has 0 bridgehead atoms. The second-order valence-electron chi connectivity index (χ2n) is 3.20. The molecule has 2 nitrogen and oxygen atoms in total. The SMILES string of the molecule is CCCCC(CCCCl)OC(C)=O. The van der Waals surface area contributed by atoms with Crippen LogP contribution in [0.4, 0.5) is 0 Å². The van der Waals surface area contributed by atoms with Crippen molar-refractivity contribution in [1.82, 2.24) is 0 Å². The molecule has 0 radical (unpaired) electrons. The largest absolute Gasteiger partial charge is 0.463 e. The monoisotopic (exact) mass is 206 g/mol. The van der Waals surface area contributed by atoms with Crippen LogP contribution in [-0.2, 0) is 9.53 Å². The van der Waals surface area contributed by atoms with E-state index in [2.05, 4.69) is 6.92 Å². The van der Waals surface area contributed by atoms with Gasteiger partial charge in [-0.05, 0) is 19.3 Å². The van der Waals surface area contributed by atoms with Crippen molar-refractivity contribution in [2.45, 2.75) is 52.1 Å². The number of ether oxygens (including phenoxy) is 1. The lowest BCUT2D eigenvalue weighted by atomic mass is 10.1. The molecule has 0 aromatic heterocycles. The molecule has 13 heavy (non-hydrogen) atoms. The van der Waals surface area contributed by atoms with E-state index < -0.39 is 0 Å². The summed E-state index contributed by atoms with van der Waals surface area (Å²) in [5.74, 6) is 0.458. The Bertz CT molecular complexity index is 129. The Morgan fingerprint density at radius 2 is 2.00 bits per heavy atom. The highest BCUT2D eigenvalue weighted by Crippen LogP contribution is 2.11. The third kappa shape index (κ3) is 8.10. The highest BCUT2D eigenvalue weighted by molar-refractivity contribution is 6.17. The van der Waals surface area contributed by atoms with Crippen LogP contribution in [0.3, 0.4) is 0 Å². The molecule has 0 amide bonds. The van der Waals surface area contributed by atoms with Crippen molar-refractivity contribution in [1.29, 1.82) is 0 Å². The molecule has 0 saturated heterocycles. The van der Waals surface area contributed by atoms with E-state index in [0.717, 1.165) is 32.1 Å². The van der Waals surface area contributed by atoms with Gasteiger partial charge in [-0.25, -0.2) is 0 Å². The molecule has 78 valence electrons. The fourth-order valence-corrected chi connectivity index (χ4v) is 1.39. The van der Waals surface area contributed by atoms with Crippen molar-refractivity contribution in [3.63, 3.8) is 0 Å². The summed E-state index contributed by atoms with van der Waals surface area (Å²) in [4.78, 5) is 10.7. The number of hydrogen-bond acceptors (Lipinski definition) is 2. The number of rotatable bonds is 7. The molecule has 0 aliphatic rings. The van der Waals surface area contributed by atoms with Crippen LogP contribution in [0.5, 0.6) is 0 Å². The number of halogens is 1. The Morgan fingerprint density at radius 1 is 1.38 bits per heavy atom. The number of esters is 1. The minimum absolute atomic E-state index is 0.0798. The third-order valence-corrected chi connectivity index (χ3v) is 2.14. The smallest absolute Gasteiger partial charge is 0.302 e. The van der Waals surface area contributed by atoms with Gasteiger partial charge >= 0.3 is 5.97 Å². The number of hydrogen-bond donors (Lipinski definition) is 0. The second-order valence-corrected chi connectivity index (χ2v) is 3.58. The maximum atomic E-state index is 10.7. The van der Waals surface area contributed by atoms with Crippen LogP contribution in [0.2, 0.25) is 0 Å². The van der Waals surface area contributed by atoms with Crippen LogP contribution in [0.15, 0.2) is 0 Å². The number of alkyl halides is 1. The quantitative estimate of drug-likeness (QED) is 0.473. The van der Waals surface area contributed by atoms with E-state index in [9.17, 15) is 4.79 Å². The maximum absolute atomic E-state index is 10.7. The van der Waals surface area contributed by atoms with Crippen LogP contribution in [-0.4, -0.2) is 18.0 Å². The molecule has 0 saturated carbocycles. The van der Waals surface area contributed by atoms with Crippen LogP contribution >= 0.6 is 11.6 Å². The average Bonchev–Trinajstić information content (AvgIpc) is 2.09. The summed E-state index contributed by atoms with van der Waals surface area (Å²) in [5, 5.41) is 0. The van der Waals surface area contributed by atoms with Crippen molar-refractivity contribution in [3.8, 4) is 0 Å². The molecule has 0 aromatic rings. The fraction of sp³-hybridized carbons (Fsp3) is 0.900. The number of carbonyl (C=O) groups excluding carboxylic acids is 1. The van der Waals surface area contributed by atoms with Crippen LogP contribution < -0.4 is 0 Å². The van der Waals surface area contributed by atoms with Crippen LogP contribution in [0.25, 0.3) is 0 Å². The van der Waals surface area contributed by atoms with Crippen molar-refractivity contribution in [2.75, 3.05) is 5.88 Å². The summed E-state index contributed by atoms with van der Waals surface area (Å²) in [5.41, 5.74) is 0. The van der Waals surface area contributed by atoms with Crippen LogP contribution in [0.1, 0.15) is 46.0 Å². The zero-order chi connectivity index (χ0) is 10.1. The van der Waals surface area contributed by atoms with Gasteiger partial charge in [0.25, 0.3) is 0 Å². The summed E-state index contributed by atoms with van der Waals surface area (Å²) >= 11 is 5.58. The first-order valence-corrected chi connectivity index (χ1v) is 5.47. The lowest BCUT2D eigenvalue weighted by Gasteiger charge is -2.15. The summed E-state index contributed by atoms with van der Waals surface area (Å²) in [6.45, 7) is 3.59. The van der Waals surface area contributed by atoms with Gasteiger partial charge in [0.15, 0.2) is 0 Å². The molecular weight excluding hydrogens is 188 g/mol. The molecular formula is C10H19ClO2. The number of carbonyl (C=O) groups is 1. The zero-order valence-corrected chi connectivity index (χ0v) is 9.27. The van der Waals surface area contributed by atoms with Gasteiger partial charge < -0.3 is 4.74 Å². The Labute approximate surface area is 85.6 Å². The summed E-state index contributed by atoms with van der Waals surface area (Å²) in [6, 6.07) is 0. The molecule has 0 aliphatic carbocycles. The van der Waals surface area contributed by atoms with Gasteiger partial charge in [-0.15, -0.1) is 11.6 Å². The van der Waals surface area contributed by atoms with E-state index >= 15 is 0 Å². The van der Waals surface area contributed by atoms with E-state index in [0.29, 0.717) is 5.88 Å². The van der Waals surface area contributed by atoms with Crippen molar-refractivity contribution in [3.05, 3.63) is 0 Å². The lowest BCUT2D eigenvalue weighted by Crippen LogP contribution is -2.16. The predicted molar refractivity (Wildman–Crippen MR) is 55.0 cm³/mol. The maximum Gasteiger partial charge on any atom is 0.302 e. The minimum atomic E-state index is -0.185. The molecule has 0 aliphatic heterocycles. The normalized spacial score (nSPS) is 12.5. The van der Waals surface area contributed by atoms with Gasteiger partial charge in [-0.3, -0.25) is 4.79 Å². The molecule has 1 atom stereocenters. The second kappa shape index (κ2) is 8.36. The van der Waals surface area contributed by atoms with E-state index in [1.807, 2.05) is 0 Å². The Morgan fingerprint density at radius 3 is 2.46 bits per heavy atom. The molecule has 0 fully saturated rings. The summed E-state index contributed by atoms with van der Waals surface area (Å²) in [6.07, 6.45) is 5.11. The van der Waals surface area contributed by atoms with Gasteiger partial charge in [-0.1, -0.05) is 19.8 Å². The van der Waals surface area contributed by atoms with Gasteiger partial charge in [-0.2, -0.15) is 0 Å². The lowest BCUT2D eigenvalue weighted by molar-refractivity contribution is -0.147. The Kier molecular flexibility index (Phi) is 8.21. The van der Waals surface area contributed by atoms with Gasteiger partial charge in [0, 0.05) is 12.8 Å². The Hall–Kier alpha value is -0.240. The van der Waals surface area contributed by atoms with Gasteiger partial charge in [0.05, 0.1) is 0 Å². The molecule has 0 rings (SSSR count). The molecule has 0 spiro atoms. The summed E-state index contributed by atoms with van der Waals surface area (Å²) in [7, 11) is 0. The predicted octanol–water partition coefficient (Wildman–Crippen LogP) is 3.13. The highest BCUT2D eigenvalue weighted by atomic mass is 35.5. The fourth-order valence-electron chi connectivity index (χ4n) is 1.23. The first-order chi connectivity index (χ1) is 6.20. The third-order valence-electron chi connectivity index (χ3n) is 1.87. The molecule has 1 unspecified atom stereocenters. The van der Waals surface area contributed by atoms with E-state index in [1.54, 1.807) is 0 Å². The summed E-state index contributed by atoms with van der Waals surface area (Å²) < 4.78 is 5.16. The van der Waals surface area contributed by atoms with Gasteiger partial charge in [0.1, 0.15) is 6.10 Å². The Balaban J connectivity index is 3.66. The molecule has 0 aromatic carbocycles. The topological polar surface area (TPSA) is 26.3 Å². The first kappa shape index (κ1) is 12.8. The van der Waals surface area contributed by atoms with Crippen LogP contribution in [0, 0.1) is 0 Å². The van der Waals surface area contributed by atoms with E-state index in [-0.39, 0.29) is 12.1 Å². The molecule has 0 heterocycles. The standard InChI is InChI=1S/C10H19ClO2/c1-3-4-6-10(7-5-8-11)13-9(2)12/h10H,3-8H2,1-2H3. The van der Waals surface area contributed by atoms with Crippen molar-refractivity contribution < 1.29 is 9.53 Å². The average molecular weight is 207 g/mol. The minimum Gasteiger partial charge on any atom is -0.463 e. The zero-order valence-electron chi connectivity index (χ0n) is 8.51. The van der Waals surface area contributed by atoms with Gasteiger partial charge in [0.2, 0.25) is 0 Å². The molecule has 3 heteroatoms. The molecule has 0 N–H and O–H groups in total. The first-order valence-electron chi connectivity index (χ1n) is 4.93. The van der Waals surface area contributed by atoms with Crippen molar-refractivity contribution >= 4 is 17.6 Å².